The first-order chi connectivity index (χ1) is 8.20. The molecule has 1 aliphatic rings. The van der Waals surface area contributed by atoms with Gasteiger partial charge in [-0.05, 0) is 24.8 Å². The highest BCUT2D eigenvalue weighted by Crippen LogP contribution is 2.19. The second-order valence-electron chi connectivity index (χ2n) is 4.43. The Kier molecular flexibility index (Phi) is 3.56. The molecule has 1 saturated heterocycles. The zero-order valence-corrected chi connectivity index (χ0v) is 10.2. The Labute approximate surface area is 101 Å². The standard InChI is InChI=1S/C12H17N3O2/c1-9-4-3-7-15(8-9)12-13-6-5-10(14-12)11(16)17-2/h5-6,9H,3-4,7-8H2,1-2H3. The number of carbonyl (C=O) groups is 1. The fraction of sp³-hybridized carbons (Fsp3) is 0.583. The average molecular weight is 235 g/mol. The highest BCUT2D eigenvalue weighted by molar-refractivity contribution is 5.87. The number of methoxy groups -OCH3 is 1. The summed E-state index contributed by atoms with van der Waals surface area (Å²) in [5, 5.41) is 0. The summed E-state index contributed by atoms with van der Waals surface area (Å²) < 4.78 is 4.65. The molecule has 0 amide bonds. The fourth-order valence-electron chi connectivity index (χ4n) is 2.09. The summed E-state index contributed by atoms with van der Waals surface area (Å²) in [6, 6.07) is 1.57. The van der Waals surface area contributed by atoms with Crippen LogP contribution in [0.4, 0.5) is 5.95 Å². The molecule has 1 fully saturated rings. The van der Waals surface area contributed by atoms with Crippen LogP contribution in [0.3, 0.4) is 0 Å². The van der Waals surface area contributed by atoms with Crippen LogP contribution < -0.4 is 4.90 Å². The SMILES string of the molecule is COC(=O)c1ccnc(N2CCCC(C)C2)n1. The Hall–Kier alpha value is -1.65. The summed E-state index contributed by atoms with van der Waals surface area (Å²) in [6.45, 7) is 4.12. The van der Waals surface area contributed by atoms with Gasteiger partial charge in [0.2, 0.25) is 5.95 Å². The molecule has 1 unspecified atom stereocenters. The first kappa shape index (κ1) is 11.8. The number of anilines is 1. The van der Waals surface area contributed by atoms with E-state index in [4.69, 9.17) is 0 Å². The topological polar surface area (TPSA) is 55.3 Å². The zero-order chi connectivity index (χ0) is 12.3. The molecule has 2 rings (SSSR count). The van der Waals surface area contributed by atoms with E-state index in [2.05, 4.69) is 26.5 Å². The average Bonchev–Trinajstić information content (AvgIpc) is 2.38. The van der Waals surface area contributed by atoms with Crippen molar-refractivity contribution in [1.82, 2.24) is 9.97 Å². The minimum absolute atomic E-state index is 0.315. The van der Waals surface area contributed by atoms with Crippen molar-refractivity contribution in [2.75, 3.05) is 25.1 Å². The van der Waals surface area contributed by atoms with E-state index in [-0.39, 0.29) is 0 Å². The number of esters is 1. The molecule has 1 aromatic rings. The molecule has 2 heterocycles. The van der Waals surface area contributed by atoms with Gasteiger partial charge in [0.25, 0.3) is 0 Å². The Balaban J connectivity index is 2.17. The van der Waals surface area contributed by atoms with Crippen molar-refractivity contribution in [3.8, 4) is 0 Å². The molecule has 1 aromatic heterocycles. The van der Waals surface area contributed by atoms with Crippen molar-refractivity contribution < 1.29 is 9.53 Å². The minimum Gasteiger partial charge on any atom is -0.464 e. The van der Waals surface area contributed by atoms with Crippen LogP contribution >= 0.6 is 0 Å². The highest BCUT2D eigenvalue weighted by Gasteiger charge is 2.19. The van der Waals surface area contributed by atoms with Gasteiger partial charge in [-0.3, -0.25) is 0 Å². The van der Waals surface area contributed by atoms with Crippen molar-refractivity contribution >= 4 is 11.9 Å². The van der Waals surface area contributed by atoms with Crippen LogP contribution in [0.5, 0.6) is 0 Å². The van der Waals surface area contributed by atoms with E-state index in [0.29, 0.717) is 17.6 Å². The summed E-state index contributed by atoms with van der Waals surface area (Å²) >= 11 is 0. The van der Waals surface area contributed by atoms with Gasteiger partial charge in [0.1, 0.15) is 0 Å². The summed E-state index contributed by atoms with van der Waals surface area (Å²) in [4.78, 5) is 22.0. The maximum Gasteiger partial charge on any atom is 0.356 e. The quantitative estimate of drug-likeness (QED) is 0.727. The van der Waals surface area contributed by atoms with E-state index in [1.54, 1.807) is 12.3 Å². The van der Waals surface area contributed by atoms with Gasteiger partial charge < -0.3 is 9.64 Å². The molecule has 92 valence electrons. The molecule has 5 heteroatoms. The Morgan fingerprint density at radius 2 is 2.41 bits per heavy atom. The molecule has 0 radical (unpaired) electrons. The molecule has 0 saturated carbocycles. The zero-order valence-electron chi connectivity index (χ0n) is 10.2. The predicted octanol–water partition coefficient (Wildman–Crippen LogP) is 1.50. The van der Waals surface area contributed by atoms with Crippen LogP contribution in [0.25, 0.3) is 0 Å². The smallest absolute Gasteiger partial charge is 0.356 e. The van der Waals surface area contributed by atoms with Crippen LogP contribution in [0.15, 0.2) is 12.3 Å². The van der Waals surface area contributed by atoms with Gasteiger partial charge in [-0.2, -0.15) is 0 Å². The third-order valence-electron chi connectivity index (χ3n) is 2.98. The molecule has 0 aromatic carbocycles. The monoisotopic (exact) mass is 235 g/mol. The minimum atomic E-state index is -0.418. The van der Waals surface area contributed by atoms with E-state index in [1.807, 2.05) is 0 Å². The van der Waals surface area contributed by atoms with Crippen LogP contribution in [0.1, 0.15) is 30.3 Å². The van der Waals surface area contributed by atoms with Gasteiger partial charge in [0.15, 0.2) is 5.69 Å². The lowest BCUT2D eigenvalue weighted by Crippen LogP contribution is -2.35. The lowest BCUT2D eigenvalue weighted by Gasteiger charge is -2.30. The molecule has 0 N–H and O–H groups in total. The first-order valence-corrected chi connectivity index (χ1v) is 5.87. The molecule has 5 nitrogen and oxygen atoms in total. The van der Waals surface area contributed by atoms with Gasteiger partial charge in [0.05, 0.1) is 7.11 Å². The number of hydrogen-bond acceptors (Lipinski definition) is 5. The largest absolute Gasteiger partial charge is 0.464 e. The van der Waals surface area contributed by atoms with E-state index < -0.39 is 5.97 Å². The number of ether oxygens (including phenoxy) is 1. The number of piperidine rings is 1. The Morgan fingerprint density at radius 3 is 3.12 bits per heavy atom. The molecular formula is C12H17N3O2. The van der Waals surface area contributed by atoms with E-state index >= 15 is 0 Å². The van der Waals surface area contributed by atoms with E-state index in [9.17, 15) is 4.79 Å². The molecule has 1 atom stereocenters. The normalized spacial score (nSPS) is 20.1. The van der Waals surface area contributed by atoms with Crippen LogP contribution in [-0.4, -0.2) is 36.1 Å². The summed E-state index contributed by atoms with van der Waals surface area (Å²) in [5.41, 5.74) is 0.315. The number of nitrogens with zero attached hydrogens (tertiary/aromatic N) is 3. The van der Waals surface area contributed by atoms with Gasteiger partial charge in [-0.25, -0.2) is 14.8 Å². The number of rotatable bonds is 2. The second-order valence-corrected chi connectivity index (χ2v) is 4.43. The summed E-state index contributed by atoms with van der Waals surface area (Å²) in [7, 11) is 1.35. The Bertz CT molecular complexity index is 408. The van der Waals surface area contributed by atoms with Gasteiger partial charge in [-0.1, -0.05) is 6.92 Å². The Morgan fingerprint density at radius 1 is 1.59 bits per heavy atom. The molecule has 1 aliphatic heterocycles. The van der Waals surface area contributed by atoms with Crippen molar-refractivity contribution in [3.63, 3.8) is 0 Å². The van der Waals surface area contributed by atoms with E-state index in [1.165, 1.54) is 13.5 Å². The summed E-state index contributed by atoms with van der Waals surface area (Å²) in [6.07, 6.45) is 3.99. The molecule has 0 aliphatic carbocycles. The van der Waals surface area contributed by atoms with Crippen LogP contribution in [0.2, 0.25) is 0 Å². The summed E-state index contributed by atoms with van der Waals surface area (Å²) in [5.74, 6) is 0.854. The van der Waals surface area contributed by atoms with Crippen molar-refractivity contribution in [2.24, 2.45) is 5.92 Å². The van der Waals surface area contributed by atoms with Gasteiger partial charge in [0, 0.05) is 19.3 Å². The van der Waals surface area contributed by atoms with Gasteiger partial charge in [-0.15, -0.1) is 0 Å². The number of carbonyl (C=O) groups excluding carboxylic acids is 1. The first-order valence-electron chi connectivity index (χ1n) is 5.87. The van der Waals surface area contributed by atoms with Crippen molar-refractivity contribution in [3.05, 3.63) is 18.0 Å². The van der Waals surface area contributed by atoms with Gasteiger partial charge >= 0.3 is 5.97 Å². The number of aromatic nitrogens is 2. The number of hydrogen-bond donors (Lipinski definition) is 0. The second kappa shape index (κ2) is 5.12. The predicted molar refractivity (Wildman–Crippen MR) is 64.0 cm³/mol. The lowest BCUT2D eigenvalue weighted by atomic mass is 10.0. The van der Waals surface area contributed by atoms with Crippen molar-refractivity contribution in [1.29, 1.82) is 0 Å². The third kappa shape index (κ3) is 2.72. The maximum absolute atomic E-state index is 11.4. The highest BCUT2D eigenvalue weighted by atomic mass is 16.5. The molecule has 17 heavy (non-hydrogen) atoms. The maximum atomic E-state index is 11.4. The lowest BCUT2D eigenvalue weighted by molar-refractivity contribution is 0.0594. The molecular weight excluding hydrogens is 218 g/mol. The van der Waals surface area contributed by atoms with Crippen molar-refractivity contribution in [2.45, 2.75) is 19.8 Å². The fourth-order valence-corrected chi connectivity index (χ4v) is 2.09. The van der Waals surface area contributed by atoms with E-state index in [0.717, 1.165) is 19.5 Å². The molecule has 0 spiro atoms. The van der Waals surface area contributed by atoms with Crippen LogP contribution in [0, 0.1) is 5.92 Å². The van der Waals surface area contributed by atoms with Crippen LogP contribution in [-0.2, 0) is 4.74 Å². The molecule has 0 bridgehead atoms. The third-order valence-corrected chi connectivity index (χ3v) is 2.98.